The number of benzene rings is 3. The molecule has 3 aliphatic heterocycles. The number of alkyl halides is 1. The minimum Gasteiger partial charge on any atom is -0.391 e. The van der Waals surface area contributed by atoms with Crippen molar-refractivity contribution in [3.8, 4) is 16.1 Å². The quantitative estimate of drug-likeness (QED) is 0.0936. The van der Waals surface area contributed by atoms with Crippen LogP contribution >= 0.6 is 27.3 Å². The van der Waals surface area contributed by atoms with Crippen LogP contribution in [0.15, 0.2) is 75.4 Å². The van der Waals surface area contributed by atoms with Gasteiger partial charge in [0, 0.05) is 17.4 Å². The standard InChI is InChI=1S/C53H63BrFN7O5S/c1-31-44(68-30-56-31)34-16-14-33(15-17-34)39(57-46(64)42-28-36(63)29-61(42)48(66)45(51(2,3)4)58-50(67)53(55)22-23-53)12-8-7-9-24-60-25-20-32(21-26-60)35-18-19-40-37(27-35)52(5,6)49-59-47(65)43-38(54)11-10-13-41(43)62(40)49/h10-11,13-19,27,30,32,36,39,42,45,63H,7-9,12,20-26,28-29H2,1-6H3,(H,57,64)(H,58,67)/t36-,39+,42+,45-/m1/s1. The van der Waals surface area contributed by atoms with E-state index >= 15 is 0 Å². The second kappa shape index (κ2) is 18.8. The van der Waals surface area contributed by atoms with E-state index < -0.39 is 46.5 Å². The molecule has 2 saturated heterocycles. The fourth-order valence-corrected chi connectivity index (χ4v) is 12.0. The molecule has 2 aromatic heterocycles. The Morgan fingerprint density at radius 2 is 1.74 bits per heavy atom. The van der Waals surface area contributed by atoms with Gasteiger partial charge in [-0.05, 0) is 147 Å². The molecule has 5 aromatic rings. The van der Waals surface area contributed by atoms with Gasteiger partial charge in [-0.1, -0.05) is 76.1 Å². The van der Waals surface area contributed by atoms with Crippen LogP contribution in [0.25, 0.3) is 27.0 Å². The van der Waals surface area contributed by atoms with Gasteiger partial charge in [-0.2, -0.15) is 4.98 Å². The molecule has 1 aliphatic carbocycles. The fourth-order valence-electron chi connectivity index (χ4n) is 10.6. The molecule has 360 valence electrons. The lowest BCUT2D eigenvalue weighted by Gasteiger charge is -2.36. The van der Waals surface area contributed by atoms with Crippen LogP contribution in [0, 0.1) is 12.3 Å². The number of rotatable bonds is 14. The highest BCUT2D eigenvalue weighted by molar-refractivity contribution is 9.10. The van der Waals surface area contributed by atoms with E-state index in [-0.39, 0.29) is 43.3 Å². The van der Waals surface area contributed by atoms with Gasteiger partial charge in [0.15, 0.2) is 5.67 Å². The molecule has 4 atom stereocenters. The normalized spacial score (nSPS) is 20.8. The van der Waals surface area contributed by atoms with Gasteiger partial charge in [-0.15, -0.1) is 11.3 Å². The Bertz CT molecular complexity index is 2790. The number of β-amino-alcohol motifs (C(OH)–C–C–N with tert-alkyl or cyclic N) is 1. The van der Waals surface area contributed by atoms with E-state index in [2.05, 4.69) is 90.2 Å². The molecule has 1 saturated carbocycles. The molecular formula is C53H63BrFN7O5S. The molecular weight excluding hydrogens is 946 g/mol. The number of fused-ring (bicyclic) bond motifs is 5. The van der Waals surface area contributed by atoms with Crippen LogP contribution in [0.2, 0.25) is 0 Å². The number of aryl methyl sites for hydroxylation is 1. The summed E-state index contributed by atoms with van der Waals surface area (Å²) in [5.74, 6) is -0.449. The summed E-state index contributed by atoms with van der Waals surface area (Å²) >= 11 is 5.16. The van der Waals surface area contributed by atoms with Crippen molar-refractivity contribution in [3.63, 3.8) is 0 Å². The van der Waals surface area contributed by atoms with E-state index in [4.69, 9.17) is 0 Å². The fraction of sp³-hybridized carbons (Fsp3) is 0.509. The number of piperidine rings is 1. The zero-order valence-electron chi connectivity index (χ0n) is 39.9. The van der Waals surface area contributed by atoms with Crippen molar-refractivity contribution in [1.82, 2.24) is 35.0 Å². The van der Waals surface area contributed by atoms with Gasteiger partial charge in [-0.3, -0.25) is 23.7 Å². The van der Waals surface area contributed by atoms with Crippen LogP contribution in [-0.4, -0.2) is 97.2 Å². The smallest absolute Gasteiger partial charge is 0.281 e. The maximum Gasteiger partial charge on any atom is 0.281 e. The molecule has 0 spiro atoms. The van der Waals surface area contributed by atoms with Crippen molar-refractivity contribution in [1.29, 1.82) is 0 Å². The van der Waals surface area contributed by atoms with Crippen LogP contribution in [-0.2, 0) is 19.8 Å². The maximum atomic E-state index is 14.8. The molecule has 4 aliphatic rings. The van der Waals surface area contributed by atoms with Crippen LogP contribution in [0.1, 0.15) is 133 Å². The summed E-state index contributed by atoms with van der Waals surface area (Å²) in [5.41, 5.74) is 5.93. The Balaban J connectivity index is 0.825. The number of aliphatic hydroxyl groups excluding tert-OH is 1. The average Bonchev–Trinajstić information content (AvgIpc) is 3.60. The first kappa shape index (κ1) is 48.2. The lowest BCUT2D eigenvalue weighted by atomic mass is 9.81. The Hall–Kier alpha value is -4.83. The predicted octanol–water partition coefficient (Wildman–Crippen LogP) is 8.81. The summed E-state index contributed by atoms with van der Waals surface area (Å²) in [4.78, 5) is 68.5. The van der Waals surface area contributed by atoms with E-state index in [1.54, 1.807) is 32.1 Å². The lowest BCUT2D eigenvalue weighted by Crippen LogP contribution is -2.59. The number of nitrogens with zero attached hydrogens (tertiary/aromatic N) is 5. The van der Waals surface area contributed by atoms with Gasteiger partial charge < -0.3 is 25.5 Å². The molecule has 0 radical (unpaired) electrons. The van der Waals surface area contributed by atoms with Crippen molar-refractivity contribution >= 4 is 55.9 Å². The Morgan fingerprint density at radius 3 is 2.41 bits per heavy atom. The van der Waals surface area contributed by atoms with Crippen LogP contribution < -0.4 is 16.2 Å². The number of nitrogens with one attached hydrogen (secondary N) is 2. The number of thiazole rings is 1. The number of likely N-dealkylation sites (tertiary alicyclic amines) is 2. The number of unbranched alkanes of at least 4 members (excludes halogenated alkanes) is 2. The third-order valence-corrected chi connectivity index (χ3v) is 16.5. The van der Waals surface area contributed by atoms with Crippen molar-refractivity contribution in [2.24, 2.45) is 5.41 Å². The molecule has 3 fully saturated rings. The van der Waals surface area contributed by atoms with Gasteiger partial charge in [0.05, 0.1) is 50.2 Å². The largest absolute Gasteiger partial charge is 0.391 e. The molecule has 3 aromatic carbocycles. The number of hydrogen-bond donors (Lipinski definition) is 3. The highest BCUT2D eigenvalue weighted by atomic mass is 79.9. The van der Waals surface area contributed by atoms with E-state index in [1.165, 1.54) is 16.0 Å². The van der Waals surface area contributed by atoms with Gasteiger partial charge in [-0.25, -0.2) is 9.37 Å². The Labute approximate surface area is 410 Å². The van der Waals surface area contributed by atoms with Gasteiger partial charge >= 0.3 is 0 Å². The predicted molar refractivity (Wildman–Crippen MR) is 268 cm³/mol. The average molecular weight is 1010 g/mol. The van der Waals surface area contributed by atoms with E-state index in [0.717, 1.165) is 94.9 Å². The molecule has 3 N–H and O–H groups in total. The minimum atomic E-state index is -1.96. The number of amides is 3. The first-order valence-corrected chi connectivity index (χ1v) is 25.9. The van der Waals surface area contributed by atoms with E-state index in [9.17, 15) is 28.7 Å². The molecule has 12 nitrogen and oxygen atoms in total. The van der Waals surface area contributed by atoms with Gasteiger partial charge in [0.1, 0.15) is 17.9 Å². The molecule has 0 bridgehead atoms. The molecule has 9 rings (SSSR count). The summed E-state index contributed by atoms with van der Waals surface area (Å²) in [6.45, 7) is 14.7. The number of carbonyl (C=O) groups excluding carboxylic acids is 3. The Kier molecular flexibility index (Phi) is 13.3. The molecule has 68 heavy (non-hydrogen) atoms. The zero-order valence-corrected chi connectivity index (χ0v) is 42.3. The van der Waals surface area contributed by atoms with Crippen LogP contribution in [0.5, 0.6) is 0 Å². The topological polar surface area (TPSA) is 150 Å². The highest BCUT2D eigenvalue weighted by Crippen LogP contribution is 2.45. The molecule has 15 heteroatoms. The van der Waals surface area contributed by atoms with Crippen molar-refractivity contribution in [2.75, 3.05) is 26.2 Å². The monoisotopic (exact) mass is 1010 g/mol. The number of hydrogen-bond acceptors (Lipinski definition) is 9. The van der Waals surface area contributed by atoms with Gasteiger partial charge in [0.2, 0.25) is 11.8 Å². The summed E-state index contributed by atoms with van der Waals surface area (Å²) < 4.78 is 17.7. The Morgan fingerprint density at radius 1 is 1.00 bits per heavy atom. The van der Waals surface area contributed by atoms with Gasteiger partial charge in [0.25, 0.3) is 11.5 Å². The second-order valence-electron chi connectivity index (χ2n) is 21.2. The molecule has 0 unspecified atom stereocenters. The van der Waals surface area contributed by atoms with Crippen LogP contribution in [0.3, 0.4) is 0 Å². The number of aromatic nitrogens is 3. The van der Waals surface area contributed by atoms with E-state index in [0.29, 0.717) is 17.7 Å². The highest BCUT2D eigenvalue weighted by Gasteiger charge is 2.53. The summed E-state index contributed by atoms with van der Waals surface area (Å²) in [7, 11) is 0. The summed E-state index contributed by atoms with van der Waals surface area (Å²) in [6, 6.07) is 18.5. The SMILES string of the molecule is Cc1ncsc1-c1ccc([C@H](CCCCCN2CCC(c3ccc4c(c3)C(C)(C)c3nc(=O)c5c(Br)cccc5n3-4)CC2)NC(=O)[C@@H]2C[C@@H](O)CN2C(=O)[C@@H](NC(=O)C2(F)CC2)C(C)(C)C)cc1. The third kappa shape index (κ3) is 9.44. The maximum absolute atomic E-state index is 14.8. The number of halogens is 2. The first-order valence-electron chi connectivity index (χ1n) is 24.2. The second-order valence-corrected chi connectivity index (χ2v) is 22.9. The molecule has 3 amide bonds. The van der Waals surface area contributed by atoms with Crippen molar-refractivity contribution < 1.29 is 23.9 Å². The summed E-state index contributed by atoms with van der Waals surface area (Å²) in [6.07, 6.45) is 5.08. The lowest BCUT2D eigenvalue weighted by molar-refractivity contribution is -0.145. The third-order valence-electron chi connectivity index (χ3n) is 14.9. The number of carbonyl (C=O) groups is 3. The van der Waals surface area contributed by atoms with Crippen LogP contribution in [0.4, 0.5) is 4.39 Å². The molecule has 5 heterocycles. The van der Waals surface area contributed by atoms with Crippen molar-refractivity contribution in [3.05, 3.63) is 109 Å². The van der Waals surface area contributed by atoms with Crippen molar-refractivity contribution in [2.45, 2.75) is 141 Å². The first-order chi connectivity index (χ1) is 32.3. The van der Waals surface area contributed by atoms with E-state index in [1.807, 2.05) is 42.8 Å². The summed E-state index contributed by atoms with van der Waals surface area (Å²) in [5, 5.41) is 17.4. The zero-order chi connectivity index (χ0) is 48.3. The number of aliphatic hydroxyl groups is 1. The minimum absolute atomic E-state index is 0.0532.